The number of alkyl halides is 3. The Bertz CT molecular complexity index is 1080. The highest BCUT2D eigenvalue weighted by molar-refractivity contribution is 6.36. The number of rotatable bonds is 4. The van der Waals surface area contributed by atoms with Gasteiger partial charge < -0.3 is 10.6 Å². The molecule has 5 nitrogen and oxygen atoms in total. The molecule has 1 aliphatic heterocycles. The van der Waals surface area contributed by atoms with Crippen molar-refractivity contribution in [2.45, 2.75) is 31.2 Å². The first-order chi connectivity index (χ1) is 14.7. The van der Waals surface area contributed by atoms with E-state index in [0.29, 0.717) is 10.6 Å². The molecule has 0 unspecified atom stereocenters. The molecule has 0 fully saturated rings. The first kappa shape index (κ1) is 21.5. The third-order valence-electron chi connectivity index (χ3n) is 5.08. The van der Waals surface area contributed by atoms with E-state index in [1.165, 1.54) is 0 Å². The Morgan fingerprint density at radius 1 is 1.13 bits per heavy atom. The molecule has 4 rings (SSSR count). The number of hydrogen-bond donors (Lipinski definition) is 2. The Morgan fingerprint density at radius 2 is 1.81 bits per heavy atom. The van der Waals surface area contributed by atoms with E-state index in [-0.39, 0.29) is 29.5 Å². The number of nitrogens with zero attached hydrogens (tertiary/aromatic N) is 2. The predicted octanol–water partition coefficient (Wildman–Crippen LogP) is 5.78. The molecule has 162 valence electrons. The Hall–Kier alpha value is -2.71. The van der Waals surface area contributed by atoms with Crippen LogP contribution >= 0.6 is 23.2 Å². The fraction of sp³-hybridized carbons (Fsp3) is 0.238. The van der Waals surface area contributed by atoms with Crippen molar-refractivity contribution >= 4 is 34.9 Å². The van der Waals surface area contributed by atoms with Crippen molar-refractivity contribution in [3.63, 3.8) is 0 Å². The van der Waals surface area contributed by atoms with E-state index in [0.717, 1.165) is 10.2 Å². The summed E-state index contributed by atoms with van der Waals surface area (Å²) in [5.41, 5.74) is 1.20. The standard InChI is InChI=1S/C21H17Cl2F3N4O/c22-14-8-6-12(7-9-14)11-27-20(31)18-17(23)19-28-15(13-4-2-1-3-5-13)10-16(21(24,25)26)30(19)29-18/h1-9,15-16,28H,10-11H2,(H,27,31)/t15-,16-/m0/s1. The van der Waals surface area contributed by atoms with Crippen LogP contribution in [0.1, 0.15) is 40.1 Å². The molecule has 0 aliphatic carbocycles. The number of fused-ring (bicyclic) bond motifs is 1. The maximum atomic E-state index is 13.8. The van der Waals surface area contributed by atoms with E-state index in [1.807, 2.05) is 0 Å². The molecule has 0 spiro atoms. The number of anilines is 1. The Balaban J connectivity index is 1.62. The van der Waals surface area contributed by atoms with E-state index in [9.17, 15) is 18.0 Å². The average molecular weight is 469 g/mol. The van der Waals surface area contributed by atoms with Crippen LogP contribution in [0.4, 0.5) is 19.0 Å². The molecule has 0 bridgehead atoms. The van der Waals surface area contributed by atoms with Gasteiger partial charge in [0, 0.05) is 18.0 Å². The van der Waals surface area contributed by atoms with Crippen LogP contribution in [-0.4, -0.2) is 21.9 Å². The fourth-order valence-corrected chi connectivity index (χ4v) is 3.90. The lowest BCUT2D eigenvalue weighted by Gasteiger charge is -2.33. The molecule has 1 aromatic heterocycles. The second kappa shape index (κ2) is 8.43. The molecule has 0 saturated carbocycles. The van der Waals surface area contributed by atoms with Gasteiger partial charge in [-0.25, -0.2) is 4.68 Å². The maximum absolute atomic E-state index is 13.8. The minimum atomic E-state index is -4.56. The van der Waals surface area contributed by atoms with Gasteiger partial charge in [-0.05, 0) is 23.3 Å². The minimum absolute atomic E-state index is 0.0271. The summed E-state index contributed by atoms with van der Waals surface area (Å²) in [4.78, 5) is 12.6. The molecule has 2 atom stereocenters. The lowest BCUT2D eigenvalue weighted by molar-refractivity contribution is -0.173. The monoisotopic (exact) mass is 468 g/mol. The van der Waals surface area contributed by atoms with Gasteiger partial charge in [-0.15, -0.1) is 0 Å². The first-order valence-corrected chi connectivity index (χ1v) is 10.2. The average Bonchev–Trinajstić information content (AvgIpc) is 3.09. The van der Waals surface area contributed by atoms with Gasteiger partial charge in [-0.3, -0.25) is 4.79 Å². The zero-order chi connectivity index (χ0) is 22.2. The van der Waals surface area contributed by atoms with Crippen LogP contribution in [-0.2, 0) is 6.54 Å². The molecule has 3 aromatic rings. The number of hydrogen-bond acceptors (Lipinski definition) is 3. The number of benzene rings is 2. The molecular weight excluding hydrogens is 452 g/mol. The highest BCUT2D eigenvalue weighted by atomic mass is 35.5. The molecular formula is C21H17Cl2F3N4O. The molecule has 1 aliphatic rings. The van der Waals surface area contributed by atoms with Crippen molar-refractivity contribution in [1.29, 1.82) is 0 Å². The third kappa shape index (κ3) is 4.50. The summed E-state index contributed by atoms with van der Waals surface area (Å²) in [6, 6.07) is 13.0. The summed E-state index contributed by atoms with van der Waals surface area (Å²) in [5.74, 6) is -0.693. The van der Waals surface area contributed by atoms with Crippen LogP contribution in [0, 0.1) is 0 Å². The molecule has 1 amide bonds. The van der Waals surface area contributed by atoms with E-state index in [2.05, 4.69) is 15.7 Å². The van der Waals surface area contributed by atoms with Gasteiger partial charge in [0.1, 0.15) is 10.8 Å². The van der Waals surface area contributed by atoms with Gasteiger partial charge in [0.05, 0.1) is 6.04 Å². The van der Waals surface area contributed by atoms with Gasteiger partial charge in [0.25, 0.3) is 5.91 Å². The van der Waals surface area contributed by atoms with Crippen LogP contribution in [0.25, 0.3) is 0 Å². The zero-order valence-corrected chi connectivity index (χ0v) is 17.5. The van der Waals surface area contributed by atoms with E-state index < -0.39 is 24.2 Å². The Kier molecular flexibility index (Phi) is 5.85. The maximum Gasteiger partial charge on any atom is 0.410 e. The smallest absolute Gasteiger partial charge is 0.362 e. The van der Waals surface area contributed by atoms with Crippen molar-refractivity contribution in [3.05, 3.63) is 81.5 Å². The van der Waals surface area contributed by atoms with Crippen LogP contribution < -0.4 is 10.6 Å². The highest BCUT2D eigenvalue weighted by Gasteiger charge is 2.47. The van der Waals surface area contributed by atoms with Gasteiger partial charge in [0.15, 0.2) is 11.7 Å². The predicted molar refractivity (Wildman–Crippen MR) is 112 cm³/mol. The SMILES string of the molecule is O=C(NCc1ccc(Cl)cc1)c1nn2c(c1Cl)N[C@H](c1ccccc1)C[C@H]2C(F)(F)F. The van der Waals surface area contributed by atoms with Gasteiger partial charge >= 0.3 is 6.18 Å². The van der Waals surface area contributed by atoms with Crippen LogP contribution in [0.15, 0.2) is 54.6 Å². The first-order valence-electron chi connectivity index (χ1n) is 9.43. The fourth-order valence-electron chi connectivity index (χ4n) is 3.51. The van der Waals surface area contributed by atoms with Crippen molar-refractivity contribution in [2.24, 2.45) is 0 Å². The van der Waals surface area contributed by atoms with E-state index in [1.54, 1.807) is 54.6 Å². The summed E-state index contributed by atoms with van der Waals surface area (Å²) in [6.07, 6.45) is -4.83. The summed E-state index contributed by atoms with van der Waals surface area (Å²) in [5, 5.41) is 9.97. The van der Waals surface area contributed by atoms with Gasteiger partial charge in [-0.1, -0.05) is 65.7 Å². The number of nitrogens with one attached hydrogen (secondary N) is 2. The van der Waals surface area contributed by atoms with E-state index in [4.69, 9.17) is 23.2 Å². The van der Waals surface area contributed by atoms with Crippen molar-refractivity contribution in [3.8, 4) is 0 Å². The van der Waals surface area contributed by atoms with Crippen molar-refractivity contribution < 1.29 is 18.0 Å². The largest absolute Gasteiger partial charge is 0.410 e. The number of amides is 1. The normalized spacial score (nSPS) is 18.2. The Labute approximate surface area is 186 Å². The highest BCUT2D eigenvalue weighted by Crippen LogP contribution is 2.46. The Morgan fingerprint density at radius 3 is 2.45 bits per heavy atom. The van der Waals surface area contributed by atoms with Gasteiger partial charge in [0.2, 0.25) is 0 Å². The second-order valence-corrected chi connectivity index (χ2v) is 7.98. The summed E-state index contributed by atoms with van der Waals surface area (Å²) in [7, 11) is 0. The summed E-state index contributed by atoms with van der Waals surface area (Å²) >= 11 is 12.2. The molecule has 2 aromatic carbocycles. The number of halogens is 5. The minimum Gasteiger partial charge on any atom is -0.362 e. The van der Waals surface area contributed by atoms with Crippen LogP contribution in [0.2, 0.25) is 10.0 Å². The van der Waals surface area contributed by atoms with Gasteiger partial charge in [-0.2, -0.15) is 18.3 Å². The lowest BCUT2D eigenvalue weighted by Crippen LogP contribution is -2.35. The van der Waals surface area contributed by atoms with Crippen LogP contribution in [0.5, 0.6) is 0 Å². The third-order valence-corrected chi connectivity index (χ3v) is 5.69. The summed E-state index contributed by atoms with van der Waals surface area (Å²) < 4.78 is 42.2. The lowest BCUT2D eigenvalue weighted by atomic mass is 9.97. The molecule has 2 N–H and O–H groups in total. The van der Waals surface area contributed by atoms with Crippen molar-refractivity contribution in [1.82, 2.24) is 15.1 Å². The molecule has 0 saturated heterocycles. The molecule has 31 heavy (non-hydrogen) atoms. The van der Waals surface area contributed by atoms with Crippen molar-refractivity contribution in [2.75, 3.05) is 5.32 Å². The quantitative estimate of drug-likeness (QED) is 0.510. The molecule has 2 heterocycles. The number of carbonyl (C=O) groups excluding carboxylic acids is 1. The second-order valence-electron chi connectivity index (χ2n) is 7.17. The zero-order valence-electron chi connectivity index (χ0n) is 16.0. The van der Waals surface area contributed by atoms with Crippen LogP contribution in [0.3, 0.4) is 0 Å². The topological polar surface area (TPSA) is 59.0 Å². The summed E-state index contributed by atoms with van der Waals surface area (Å²) in [6.45, 7) is 0.150. The number of aromatic nitrogens is 2. The molecule has 10 heteroatoms. The number of carbonyl (C=O) groups is 1. The molecule has 0 radical (unpaired) electrons. The van der Waals surface area contributed by atoms with E-state index >= 15 is 0 Å².